The average molecular weight is 277 g/mol. The Kier molecular flexibility index (Phi) is 3.91. The lowest BCUT2D eigenvalue weighted by Crippen LogP contribution is -2.03. The molecule has 2 aromatic heterocycles. The monoisotopic (exact) mass is 277 g/mol. The summed E-state index contributed by atoms with van der Waals surface area (Å²) in [5, 5.41) is 0. The number of carbonyl (C=O) groups is 2. The summed E-state index contributed by atoms with van der Waals surface area (Å²) >= 11 is 1.08. The smallest absolute Gasteiger partial charge is 0.348 e. The molecule has 0 aliphatic carbocycles. The summed E-state index contributed by atoms with van der Waals surface area (Å²) in [6.45, 7) is 0. The summed E-state index contributed by atoms with van der Waals surface area (Å²) in [6, 6.07) is 6.44. The normalized spacial score (nSPS) is 10.0. The number of aromatic nitrogens is 1. The van der Waals surface area contributed by atoms with E-state index >= 15 is 0 Å². The fourth-order valence-electron chi connectivity index (χ4n) is 1.53. The van der Waals surface area contributed by atoms with Gasteiger partial charge < -0.3 is 9.47 Å². The number of nitrogens with zero attached hydrogens (tertiary/aromatic N) is 1. The molecule has 0 bridgehead atoms. The third kappa shape index (κ3) is 2.63. The molecule has 0 aliphatic rings. The fourth-order valence-corrected chi connectivity index (χ4v) is 2.41. The van der Waals surface area contributed by atoms with Gasteiger partial charge in [0.25, 0.3) is 0 Å². The van der Waals surface area contributed by atoms with Crippen LogP contribution in [0.4, 0.5) is 0 Å². The van der Waals surface area contributed by atoms with E-state index in [-0.39, 0.29) is 11.7 Å². The highest BCUT2D eigenvalue weighted by atomic mass is 32.1. The Labute approximate surface area is 113 Å². The first-order valence-corrected chi connectivity index (χ1v) is 6.21. The Bertz CT molecular complexity index is 621. The van der Waals surface area contributed by atoms with Crippen molar-refractivity contribution in [3.05, 3.63) is 45.8 Å². The number of ketones is 1. The molecule has 19 heavy (non-hydrogen) atoms. The summed E-state index contributed by atoms with van der Waals surface area (Å²) in [5.41, 5.74) is 0.364. The lowest BCUT2D eigenvalue weighted by atomic mass is 10.1. The lowest BCUT2D eigenvalue weighted by molar-refractivity contribution is 0.0606. The number of rotatable bonds is 4. The quantitative estimate of drug-likeness (QED) is 0.633. The van der Waals surface area contributed by atoms with Crippen molar-refractivity contribution in [3.8, 4) is 5.88 Å². The number of hydrogen-bond acceptors (Lipinski definition) is 6. The van der Waals surface area contributed by atoms with Crippen LogP contribution in [0, 0.1) is 0 Å². The molecule has 0 saturated carbocycles. The standard InChI is InChI=1S/C13H11NO4S/c1-17-12-8(4-3-7-14-12)11(15)9-5-6-10(19-9)13(16)18-2/h3-7H,1-2H3. The Balaban J connectivity index is 2.34. The molecule has 2 heterocycles. The van der Waals surface area contributed by atoms with Crippen molar-refractivity contribution < 1.29 is 19.1 Å². The minimum absolute atomic E-state index is 0.231. The zero-order valence-electron chi connectivity index (χ0n) is 10.4. The number of esters is 1. The first-order valence-electron chi connectivity index (χ1n) is 5.39. The third-order valence-corrected chi connectivity index (χ3v) is 3.49. The zero-order valence-corrected chi connectivity index (χ0v) is 11.2. The van der Waals surface area contributed by atoms with Gasteiger partial charge in [0.05, 0.1) is 24.7 Å². The van der Waals surface area contributed by atoms with Gasteiger partial charge in [0.2, 0.25) is 11.7 Å². The fraction of sp³-hybridized carbons (Fsp3) is 0.154. The molecule has 2 aromatic rings. The van der Waals surface area contributed by atoms with E-state index in [0.29, 0.717) is 15.3 Å². The predicted molar refractivity (Wildman–Crippen MR) is 69.9 cm³/mol. The van der Waals surface area contributed by atoms with Gasteiger partial charge >= 0.3 is 5.97 Å². The van der Waals surface area contributed by atoms with Crippen molar-refractivity contribution in [1.82, 2.24) is 4.98 Å². The second-order valence-corrected chi connectivity index (χ2v) is 4.63. The summed E-state index contributed by atoms with van der Waals surface area (Å²) < 4.78 is 9.65. The molecule has 0 unspecified atom stereocenters. The molecular formula is C13H11NO4S. The number of carbonyl (C=O) groups excluding carboxylic acids is 2. The molecular weight excluding hydrogens is 266 g/mol. The van der Waals surface area contributed by atoms with Crippen LogP contribution >= 0.6 is 11.3 Å². The van der Waals surface area contributed by atoms with E-state index in [2.05, 4.69) is 9.72 Å². The maximum atomic E-state index is 12.3. The summed E-state index contributed by atoms with van der Waals surface area (Å²) in [7, 11) is 2.75. The second-order valence-electron chi connectivity index (χ2n) is 3.54. The van der Waals surface area contributed by atoms with Crippen molar-refractivity contribution in [2.24, 2.45) is 0 Å². The molecule has 5 nitrogen and oxygen atoms in total. The summed E-state index contributed by atoms with van der Waals surface area (Å²) in [6.07, 6.45) is 1.55. The van der Waals surface area contributed by atoms with Crippen molar-refractivity contribution in [2.45, 2.75) is 0 Å². The van der Waals surface area contributed by atoms with Crippen molar-refractivity contribution in [3.63, 3.8) is 0 Å². The van der Waals surface area contributed by atoms with Crippen LogP contribution in [0.1, 0.15) is 24.9 Å². The van der Waals surface area contributed by atoms with Gasteiger partial charge in [-0.05, 0) is 24.3 Å². The zero-order chi connectivity index (χ0) is 13.8. The SMILES string of the molecule is COC(=O)c1ccc(C(=O)c2cccnc2OC)s1. The van der Waals surface area contributed by atoms with Gasteiger partial charge in [-0.15, -0.1) is 11.3 Å². The van der Waals surface area contributed by atoms with Gasteiger partial charge in [-0.25, -0.2) is 9.78 Å². The Morgan fingerprint density at radius 3 is 2.58 bits per heavy atom. The second kappa shape index (κ2) is 5.62. The van der Waals surface area contributed by atoms with E-state index in [4.69, 9.17) is 4.74 Å². The number of thiophene rings is 1. The molecule has 0 saturated heterocycles. The topological polar surface area (TPSA) is 65.5 Å². The maximum absolute atomic E-state index is 12.3. The highest BCUT2D eigenvalue weighted by Crippen LogP contribution is 2.24. The molecule has 0 aromatic carbocycles. The van der Waals surface area contributed by atoms with Crippen molar-refractivity contribution in [2.75, 3.05) is 14.2 Å². The van der Waals surface area contributed by atoms with Gasteiger partial charge in [-0.2, -0.15) is 0 Å². The van der Waals surface area contributed by atoms with E-state index in [9.17, 15) is 9.59 Å². The van der Waals surface area contributed by atoms with Crippen LogP contribution in [0.5, 0.6) is 5.88 Å². The van der Waals surface area contributed by atoms with Gasteiger partial charge in [0.1, 0.15) is 4.88 Å². The van der Waals surface area contributed by atoms with Crippen LogP contribution in [0.25, 0.3) is 0 Å². The van der Waals surface area contributed by atoms with Crippen LogP contribution in [0.15, 0.2) is 30.5 Å². The highest BCUT2D eigenvalue weighted by Gasteiger charge is 2.19. The van der Waals surface area contributed by atoms with E-state index in [1.54, 1.807) is 30.5 Å². The number of hydrogen-bond donors (Lipinski definition) is 0. The van der Waals surface area contributed by atoms with Gasteiger partial charge in [-0.1, -0.05) is 0 Å². The van der Waals surface area contributed by atoms with E-state index < -0.39 is 5.97 Å². The molecule has 0 N–H and O–H groups in total. The van der Waals surface area contributed by atoms with Gasteiger partial charge in [0.15, 0.2) is 0 Å². The summed E-state index contributed by atoms with van der Waals surface area (Å²) in [4.78, 5) is 28.4. The Morgan fingerprint density at radius 2 is 1.89 bits per heavy atom. The van der Waals surface area contributed by atoms with E-state index in [1.165, 1.54) is 14.2 Å². The van der Waals surface area contributed by atoms with E-state index in [0.717, 1.165) is 11.3 Å². The Hall–Kier alpha value is -2.21. The van der Waals surface area contributed by atoms with Crippen LogP contribution in [0.3, 0.4) is 0 Å². The number of ether oxygens (including phenoxy) is 2. The van der Waals surface area contributed by atoms with Crippen LogP contribution in [-0.2, 0) is 4.74 Å². The largest absolute Gasteiger partial charge is 0.480 e. The molecule has 0 aliphatic heterocycles. The van der Waals surface area contributed by atoms with Crippen molar-refractivity contribution in [1.29, 1.82) is 0 Å². The summed E-state index contributed by atoms with van der Waals surface area (Å²) in [5.74, 6) is -0.423. The van der Waals surface area contributed by atoms with E-state index in [1.807, 2.05) is 0 Å². The van der Waals surface area contributed by atoms with Gasteiger partial charge in [0, 0.05) is 6.20 Å². The van der Waals surface area contributed by atoms with Crippen LogP contribution < -0.4 is 4.74 Å². The molecule has 6 heteroatoms. The molecule has 0 amide bonds. The molecule has 2 rings (SSSR count). The molecule has 0 spiro atoms. The molecule has 98 valence electrons. The average Bonchev–Trinajstić information content (AvgIpc) is 2.95. The number of pyridine rings is 1. The number of methoxy groups -OCH3 is 2. The first kappa shape index (κ1) is 13.2. The molecule has 0 fully saturated rings. The minimum atomic E-state index is -0.456. The predicted octanol–water partition coefficient (Wildman–Crippen LogP) is 2.17. The Morgan fingerprint density at radius 1 is 1.16 bits per heavy atom. The van der Waals surface area contributed by atoms with Gasteiger partial charge in [-0.3, -0.25) is 4.79 Å². The maximum Gasteiger partial charge on any atom is 0.348 e. The van der Waals surface area contributed by atoms with Crippen LogP contribution in [0.2, 0.25) is 0 Å². The first-order chi connectivity index (χ1) is 9.17. The highest BCUT2D eigenvalue weighted by molar-refractivity contribution is 7.16. The van der Waals surface area contributed by atoms with Crippen molar-refractivity contribution >= 4 is 23.1 Å². The third-order valence-electron chi connectivity index (χ3n) is 2.43. The molecule has 0 atom stereocenters. The molecule has 0 radical (unpaired) electrons. The lowest BCUT2D eigenvalue weighted by Gasteiger charge is -2.04. The minimum Gasteiger partial charge on any atom is -0.480 e. The van der Waals surface area contributed by atoms with Crippen LogP contribution in [-0.4, -0.2) is 31.0 Å².